The van der Waals surface area contributed by atoms with Crippen molar-refractivity contribution in [3.05, 3.63) is 296 Å². The second-order valence-corrected chi connectivity index (χ2v) is 23.2. The van der Waals surface area contributed by atoms with Crippen LogP contribution < -0.4 is 9.80 Å². The van der Waals surface area contributed by atoms with Crippen LogP contribution in [0.3, 0.4) is 0 Å². The van der Waals surface area contributed by atoms with Gasteiger partial charge in [-0.2, -0.15) is 0 Å². The Bertz CT molecular complexity index is 5800. The highest BCUT2D eigenvalue weighted by atomic mass is 16.3. The number of hydrogen-bond acceptors (Lipinski definition) is 4. The van der Waals surface area contributed by atoms with Gasteiger partial charge in [-0.25, -0.2) is 0 Å². The van der Waals surface area contributed by atoms with Gasteiger partial charge in [-0.1, -0.05) is 243 Å². The van der Waals surface area contributed by atoms with Crippen molar-refractivity contribution in [1.82, 2.24) is 4.40 Å². The second kappa shape index (κ2) is 19.1. The number of fused-ring (bicyclic) bond motifs is 14. The molecular formula is C82H53N3O2. The summed E-state index contributed by atoms with van der Waals surface area (Å²) >= 11 is 0. The van der Waals surface area contributed by atoms with E-state index in [0.29, 0.717) is 0 Å². The number of benzene rings is 14. The molecule has 5 nitrogen and oxygen atoms in total. The SMILES string of the molecule is Cc1ccc(-c2ccccc2)cc1N(c1cccc2c1oc1ccccc12)c1c2ccccc2cc2c1c1cccc3c4c(N(c5cc(-c6ccccc6)ccc5C)c5cccc6c5oc5c(-c7ccccc7)cccc56)c5ccccc5cc4n2c13. The largest absolute Gasteiger partial charge is 0.454 e. The van der Waals surface area contributed by atoms with E-state index in [4.69, 9.17) is 8.83 Å². The quantitative estimate of drug-likeness (QED) is 0.144. The number of furan rings is 2. The van der Waals surface area contributed by atoms with Crippen molar-refractivity contribution in [1.29, 1.82) is 0 Å². The van der Waals surface area contributed by atoms with Gasteiger partial charge in [-0.3, -0.25) is 0 Å². The molecule has 87 heavy (non-hydrogen) atoms. The van der Waals surface area contributed by atoms with Crippen LogP contribution in [0.25, 0.3) is 137 Å². The minimum absolute atomic E-state index is 0.825. The van der Waals surface area contributed by atoms with E-state index in [1.54, 1.807) is 0 Å². The molecule has 0 N–H and O–H groups in total. The van der Waals surface area contributed by atoms with Gasteiger partial charge in [0.05, 0.1) is 39.3 Å². The van der Waals surface area contributed by atoms with Crippen LogP contribution in [-0.4, -0.2) is 4.40 Å². The van der Waals surface area contributed by atoms with E-state index in [0.717, 1.165) is 182 Å². The molecule has 0 bridgehead atoms. The zero-order chi connectivity index (χ0) is 57.4. The van der Waals surface area contributed by atoms with Crippen LogP contribution in [-0.2, 0) is 0 Å². The Hall–Kier alpha value is -11.4. The second-order valence-electron chi connectivity index (χ2n) is 23.2. The minimum atomic E-state index is 0.825. The Morgan fingerprint density at radius 2 is 0.701 bits per heavy atom. The van der Waals surface area contributed by atoms with Crippen molar-refractivity contribution >= 4 is 138 Å². The number of rotatable bonds is 9. The fraction of sp³-hybridized carbons (Fsp3) is 0.0244. The third kappa shape index (κ3) is 7.33. The van der Waals surface area contributed by atoms with Gasteiger partial charge in [0.2, 0.25) is 0 Å². The lowest BCUT2D eigenvalue weighted by atomic mass is 9.96. The highest BCUT2D eigenvalue weighted by Gasteiger charge is 2.32. The molecule has 18 rings (SSSR count). The Kier molecular flexibility index (Phi) is 10.8. The molecule has 0 aliphatic rings. The highest BCUT2D eigenvalue weighted by molar-refractivity contribution is 6.34. The van der Waals surface area contributed by atoms with Crippen molar-refractivity contribution in [3.8, 4) is 33.4 Å². The van der Waals surface area contributed by atoms with Gasteiger partial charge >= 0.3 is 0 Å². The number of aryl methyl sites for hydroxylation is 2. The molecule has 4 heterocycles. The first-order valence-electron chi connectivity index (χ1n) is 29.9. The molecule has 408 valence electrons. The minimum Gasteiger partial charge on any atom is -0.454 e. The van der Waals surface area contributed by atoms with Crippen LogP contribution in [0.5, 0.6) is 0 Å². The summed E-state index contributed by atoms with van der Waals surface area (Å²) in [7, 11) is 0. The van der Waals surface area contributed by atoms with E-state index in [2.05, 4.69) is 313 Å². The maximum atomic E-state index is 7.42. The zero-order valence-corrected chi connectivity index (χ0v) is 47.8. The fourth-order valence-electron chi connectivity index (χ4n) is 14.3. The first kappa shape index (κ1) is 49.1. The first-order chi connectivity index (χ1) is 43.0. The lowest BCUT2D eigenvalue weighted by molar-refractivity contribution is 0.669. The molecule has 0 aliphatic heterocycles. The van der Waals surface area contributed by atoms with Crippen molar-refractivity contribution in [2.45, 2.75) is 13.8 Å². The summed E-state index contributed by atoms with van der Waals surface area (Å²) in [6.45, 7) is 4.48. The molecule has 0 atom stereocenters. The van der Waals surface area contributed by atoms with E-state index in [-0.39, 0.29) is 0 Å². The average Bonchev–Trinajstić information content (AvgIpc) is 1.56. The molecule has 18 aromatic rings. The molecule has 0 unspecified atom stereocenters. The van der Waals surface area contributed by atoms with E-state index in [1.165, 1.54) is 0 Å². The molecule has 0 radical (unpaired) electrons. The summed E-state index contributed by atoms with van der Waals surface area (Å²) in [5.74, 6) is 0. The summed E-state index contributed by atoms with van der Waals surface area (Å²) in [6, 6.07) is 104. The molecule has 14 aromatic carbocycles. The maximum absolute atomic E-state index is 7.42. The van der Waals surface area contributed by atoms with Gasteiger partial charge in [0.1, 0.15) is 11.2 Å². The number of anilines is 6. The van der Waals surface area contributed by atoms with Crippen molar-refractivity contribution in [3.63, 3.8) is 0 Å². The van der Waals surface area contributed by atoms with Crippen LogP contribution in [0.4, 0.5) is 34.1 Å². The normalized spacial score (nSPS) is 12.0. The van der Waals surface area contributed by atoms with Crippen LogP contribution in [0.1, 0.15) is 11.1 Å². The van der Waals surface area contributed by atoms with E-state index in [1.807, 2.05) is 0 Å². The van der Waals surface area contributed by atoms with Crippen molar-refractivity contribution in [2.24, 2.45) is 0 Å². The van der Waals surface area contributed by atoms with Crippen LogP contribution >= 0.6 is 0 Å². The molecule has 0 fully saturated rings. The number of hydrogen-bond donors (Lipinski definition) is 0. The van der Waals surface area contributed by atoms with Gasteiger partial charge in [0.25, 0.3) is 0 Å². The Labute approximate surface area is 501 Å². The average molecular weight is 1110 g/mol. The van der Waals surface area contributed by atoms with Gasteiger partial charge in [0.15, 0.2) is 11.2 Å². The van der Waals surface area contributed by atoms with Crippen molar-refractivity contribution in [2.75, 3.05) is 9.80 Å². The van der Waals surface area contributed by atoms with Gasteiger partial charge < -0.3 is 23.0 Å². The maximum Gasteiger partial charge on any atom is 0.159 e. The smallest absolute Gasteiger partial charge is 0.159 e. The third-order valence-corrected chi connectivity index (χ3v) is 18.3. The molecule has 5 heteroatoms. The van der Waals surface area contributed by atoms with E-state index < -0.39 is 0 Å². The number of para-hydroxylation sites is 5. The molecule has 0 aliphatic carbocycles. The summed E-state index contributed by atoms with van der Waals surface area (Å²) in [5, 5.41) is 13.5. The molecule has 4 aromatic heterocycles. The van der Waals surface area contributed by atoms with Gasteiger partial charge in [-0.05, 0) is 106 Å². The number of nitrogens with zero attached hydrogens (tertiary/aromatic N) is 3. The lowest BCUT2D eigenvalue weighted by Crippen LogP contribution is -2.13. The third-order valence-electron chi connectivity index (χ3n) is 18.3. The zero-order valence-electron chi connectivity index (χ0n) is 47.8. The van der Waals surface area contributed by atoms with Crippen LogP contribution in [0.15, 0.2) is 294 Å². The molecule has 0 saturated carbocycles. The monoisotopic (exact) mass is 1110 g/mol. The topological polar surface area (TPSA) is 37.2 Å². The predicted octanol–water partition coefficient (Wildman–Crippen LogP) is 23.5. The van der Waals surface area contributed by atoms with Crippen LogP contribution in [0, 0.1) is 13.8 Å². The van der Waals surface area contributed by atoms with Crippen molar-refractivity contribution < 1.29 is 8.83 Å². The van der Waals surface area contributed by atoms with Crippen LogP contribution in [0.2, 0.25) is 0 Å². The molecule has 0 amide bonds. The fourth-order valence-corrected chi connectivity index (χ4v) is 14.3. The first-order valence-corrected chi connectivity index (χ1v) is 29.9. The van der Waals surface area contributed by atoms with E-state index in [9.17, 15) is 0 Å². The summed E-state index contributed by atoms with van der Waals surface area (Å²) in [5.41, 5.74) is 22.1. The predicted molar refractivity (Wildman–Crippen MR) is 366 cm³/mol. The number of aromatic nitrogens is 1. The Balaban J connectivity index is 0.982. The Morgan fingerprint density at radius 1 is 0.287 bits per heavy atom. The van der Waals surface area contributed by atoms with Gasteiger partial charge in [0, 0.05) is 70.8 Å². The van der Waals surface area contributed by atoms with E-state index >= 15 is 0 Å². The van der Waals surface area contributed by atoms with Gasteiger partial charge in [-0.15, -0.1) is 0 Å². The standard InChI is InChI=1S/C82H53N3O2/c1-50-42-44-55(52-22-6-3-7-23-52)46-70(50)83(68-39-20-35-63-62-32-16-17-41-74(62)86-81(63)68)78-59-30-14-12-28-57(59)48-72-75(78)66-37-19-38-67-76-73(85(72)77(66)67)49-58-29-13-15-31-60(58)79(76)84(71-47-56(45-43-51(71)2)53-24-8-4-9-25-53)69-40-21-36-65-64-34-18-33-61(80(64)87-82(65)69)54-26-10-5-11-27-54/h3-49H,1-2H3. The lowest BCUT2D eigenvalue weighted by Gasteiger charge is -2.30. The summed E-state index contributed by atoms with van der Waals surface area (Å²) in [4.78, 5) is 5.05. The highest BCUT2D eigenvalue weighted by Crippen LogP contribution is 2.56. The molecule has 0 saturated heterocycles. The molecule has 0 spiro atoms. The molecular weight excluding hydrogens is 1060 g/mol. The summed E-state index contributed by atoms with van der Waals surface area (Å²) in [6.07, 6.45) is 0. The Morgan fingerprint density at radius 3 is 1.25 bits per heavy atom. The summed E-state index contributed by atoms with van der Waals surface area (Å²) < 4.78 is 17.1.